The lowest BCUT2D eigenvalue weighted by Crippen LogP contribution is -2.04. The van der Waals surface area contributed by atoms with Gasteiger partial charge in [0.1, 0.15) is 11.5 Å². The van der Waals surface area contributed by atoms with Crippen LogP contribution in [0.15, 0.2) is 24.3 Å². The second-order valence-corrected chi connectivity index (χ2v) is 3.86. The summed E-state index contributed by atoms with van der Waals surface area (Å²) in [6.07, 6.45) is 2.46. The summed E-state index contributed by atoms with van der Waals surface area (Å²) in [7, 11) is 1.63. The Morgan fingerprint density at radius 2 is 2.00 bits per heavy atom. The zero-order valence-electron chi connectivity index (χ0n) is 8.45. The van der Waals surface area contributed by atoms with Gasteiger partial charge in [-0.05, 0) is 24.0 Å². The molecule has 0 unspecified atom stereocenters. The van der Waals surface area contributed by atoms with Crippen LogP contribution in [0.1, 0.15) is 5.56 Å². The molecule has 1 aromatic carbocycles. The van der Waals surface area contributed by atoms with Crippen molar-refractivity contribution in [3.05, 3.63) is 29.8 Å². The van der Waals surface area contributed by atoms with E-state index in [1.54, 1.807) is 18.9 Å². The molecule has 0 amide bonds. The number of hydrogen-bond donors (Lipinski definition) is 0. The van der Waals surface area contributed by atoms with Gasteiger partial charge < -0.3 is 4.74 Å². The van der Waals surface area contributed by atoms with Crippen molar-refractivity contribution >= 4 is 17.5 Å². The largest absolute Gasteiger partial charge is 0.497 e. The maximum absolute atomic E-state index is 11.3. The van der Waals surface area contributed by atoms with E-state index >= 15 is 0 Å². The molecule has 0 aliphatic heterocycles. The van der Waals surface area contributed by atoms with Crippen molar-refractivity contribution in [1.82, 2.24) is 0 Å². The Labute approximate surface area is 88.7 Å². The zero-order chi connectivity index (χ0) is 10.4. The summed E-state index contributed by atoms with van der Waals surface area (Å²) < 4.78 is 5.03. The minimum atomic E-state index is 0.266. The molecule has 0 spiro atoms. The molecular weight excluding hydrogens is 196 g/mol. The molecule has 1 aromatic rings. The number of benzene rings is 1. The lowest BCUT2D eigenvalue weighted by molar-refractivity contribution is -0.115. The molecule has 0 N–H and O–H groups in total. The number of hydrogen-bond acceptors (Lipinski definition) is 3. The van der Waals surface area contributed by atoms with Gasteiger partial charge in [0, 0.05) is 6.42 Å². The summed E-state index contributed by atoms with van der Waals surface area (Å²) >= 11 is 1.56. The topological polar surface area (TPSA) is 26.3 Å². The van der Waals surface area contributed by atoms with E-state index in [1.165, 1.54) is 0 Å². The molecule has 2 nitrogen and oxygen atoms in total. The number of ketones is 1. The highest BCUT2D eigenvalue weighted by Crippen LogP contribution is 2.12. The molecule has 0 saturated carbocycles. The predicted octanol–water partition coefficient (Wildman–Crippen LogP) is 2.17. The van der Waals surface area contributed by atoms with Crippen LogP contribution in [0, 0.1) is 0 Å². The Balaban J connectivity index is 2.55. The van der Waals surface area contributed by atoms with E-state index in [0.717, 1.165) is 11.3 Å². The minimum absolute atomic E-state index is 0.266. The number of rotatable bonds is 5. The average Bonchev–Trinajstić information content (AvgIpc) is 2.19. The molecule has 0 aliphatic rings. The van der Waals surface area contributed by atoms with Crippen LogP contribution in [0.25, 0.3) is 0 Å². The normalized spacial score (nSPS) is 9.86. The molecule has 0 heterocycles. The van der Waals surface area contributed by atoms with E-state index in [-0.39, 0.29) is 5.78 Å². The third-order valence-electron chi connectivity index (χ3n) is 1.87. The van der Waals surface area contributed by atoms with Crippen LogP contribution in [0.5, 0.6) is 5.75 Å². The SMILES string of the molecule is COc1ccc(CC(=O)CSC)cc1. The van der Waals surface area contributed by atoms with E-state index in [9.17, 15) is 4.79 Å². The van der Waals surface area contributed by atoms with Gasteiger partial charge in [-0.25, -0.2) is 0 Å². The average molecular weight is 210 g/mol. The summed E-state index contributed by atoms with van der Waals surface area (Å²) in [6.45, 7) is 0. The number of carbonyl (C=O) groups excluding carboxylic acids is 1. The third-order valence-corrected chi connectivity index (χ3v) is 2.48. The van der Waals surface area contributed by atoms with Crippen LogP contribution in [0.4, 0.5) is 0 Å². The molecule has 0 bridgehead atoms. The third kappa shape index (κ3) is 3.42. The molecule has 0 aliphatic carbocycles. The van der Waals surface area contributed by atoms with E-state index in [2.05, 4.69) is 0 Å². The highest BCUT2D eigenvalue weighted by molar-refractivity contribution is 7.99. The molecule has 0 radical (unpaired) electrons. The summed E-state index contributed by atoms with van der Waals surface area (Å²) in [4.78, 5) is 11.3. The highest BCUT2D eigenvalue weighted by atomic mass is 32.2. The van der Waals surface area contributed by atoms with Crippen LogP contribution >= 0.6 is 11.8 Å². The Morgan fingerprint density at radius 3 is 2.50 bits per heavy atom. The lowest BCUT2D eigenvalue weighted by Gasteiger charge is -2.02. The summed E-state index contributed by atoms with van der Waals surface area (Å²) in [5.41, 5.74) is 1.05. The van der Waals surface area contributed by atoms with Crippen LogP contribution in [0.3, 0.4) is 0 Å². The number of carbonyl (C=O) groups is 1. The fourth-order valence-electron chi connectivity index (χ4n) is 1.18. The van der Waals surface area contributed by atoms with E-state index in [4.69, 9.17) is 4.74 Å². The zero-order valence-corrected chi connectivity index (χ0v) is 9.26. The van der Waals surface area contributed by atoms with E-state index in [0.29, 0.717) is 12.2 Å². The Bertz CT molecular complexity index is 293. The quantitative estimate of drug-likeness (QED) is 0.745. The first-order valence-electron chi connectivity index (χ1n) is 4.40. The number of thioether (sulfide) groups is 1. The Kier molecular flexibility index (Phi) is 4.53. The van der Waals surface area contributed by atoms with E-state index < -0.39 is 0 Å². The van der Waals surface area contributed by atoms with Gasteiger partial charge >= 0.3 is 0 Å². The first kappa shape index (κ1) is 11.1. The number of ether oxygens (including phenoxy) is 1. The second kappa shape index (κ2) is 5.70. The van der Waals surface area contributed by atoms with Crippen molar-refractivity contribution in [1.29, 1.82) is 0 Å². The van der Waals surface area contributed by atoms with Crippen molar-refractivity contribution < 1.29 is 9.53 Å². The van der Waals surface area contributed by atoms with Gasteiger partial charge in [-0.1, -0.05) is 12.1 Å². The van der Waals surface area contributed by atoms with Crippen LogP contribution in [-0.4, -0.2) is 24.9 Å². The minimum Gasteiger partial charge on any atom is -0.497 e. The van der Waals surface area contributed by atoms with Gasteiger partial charge in [0.15, 0.2) is 0 Å². The first-order valence-corrected chi connectivity index (χ1v) is 5.79. The van der Waals surface area contributed by atoms with Crippen molar-refractivity contribution in [2.75, 3.05) is 19.1 Å². The molecule has 1 rings (SSSR count). The molecule has 0 saturated heterocycles. The highest BCUT2D eigenvalue weighted by Gasteiger charge is 2.02. The van der Waals surface area contributed by atoms with Gasteiger partial charge in [0.25, 0.3) is 0 Å². The summed E-state index contributed by atoms with van der Waals surface area (Å²) in [6, 6.07) is 7.61. The van der Waals surface area contributed by atoms with E-state index in [1.807, 2.05) is 30.5 Å². The van der Waals surface area contributed by atoms with Crippen LogP contribution in [-0.2, 0) is 11.2 Å². The molecular formula is C11H14O2S. The number of methoxy groups -OCH3 is 1. The van der Waals surface area contributed by atoms with Gasteiger partial charge in [0.2, 0.25) is 0 Å². The molecule has 0 fully saturated rings. The molecule has 3 heteroatoms. The number of Topliss-reactive ketones (excluding diaryl/α,β-unsaturated/α-hetero) is 1. The Hall–Kier alpha value is -0.960. The van der Waals surface area contributed by atoms with Gasteiger partial charge in [-0.3, -0.25) is 4.79 Å². The maximum Gasteiger partial charge on any atom is 0.147 e. The molecule has 14 heavy (non-hydrogen) atoms. The van der Waals surface area contributed by atoms with Gasteiger partial charge in [0.05, 0.1) is 12.9 Å². The lowest BCUT2D eigenvalue weighted by atomic mass is 10.1. The summed E-state index contributed by atoms with van der Waals surface area (Å²) in [5.74, 6) is 1.68. The summed E-state index contributed by atoms with van der Waals surface area (Å²) in [5, 5.41) is 0. The van der Waals surface area contributed by atoms with Crippen molar-refractivity contribution in [2.45, 2.75) is 6.42 Å². The first-order chi connectivity index (χ1) is 6.76. The second-order valence-electron chi connectivity index (χ2n) is 3.00. The Morgan fingerprint density at radius 1 is 1.36 bits per heavy atom. The fourth-order valence-corrected chi connectivity index (χ4v) is 1.61. The smallest absolute Gasteiger partial charge is 0.147 e. The monoisotopic (exact) mass is 210 g/mol. The van der Waals surface area contributed by atoms with Crippen LogP contribution < -0.4 is 4.74 Å². The van der Waals surface area contributed by atoms with Crippen LogP contribution in [0.2, 0.25) is 0 Å². The molecule has 0 atom stereocenters. The van der Waals surface area contributed by atoms with Crippen molar-refractivity contribution in [2.24, 2.45) is 0 Å². The maximum atomic E-state index is 11.3. The standard InChI is InChI=1S/C11H14O2S/c1-13-11-5-3-9(4-6-11)7-10(12)8-14-2/h3-6H,7-8H2,1-2H3. The van der Waals surface area contributed by atoms with Gasteiger partial charge in [-0.15, -0.1) is 0 Å². The molecule has 76 valence electrons. The van der Waals surface area contributed by atoms with Crippen molar-refractivity contribution in [3.63, 3.8) is 0 Å². The fraction of sp³-hybridized carbons (Fsp3) is 0.364. The molecule has 0 aromatic heterocycles. The van der Waals surface area contributed by atoms with Crippen molar-refractivity contribution in [3.8, 4) is 5.75 Å². The predicted molar refractivity (Wildman–Crippen MR) is 60.1 cm³/mol. The van der Waals surface area contributed by atoms with Gasteiger partial charge in [-0.2, -0.15) is 11.8 Å².